The average Bonchev–Trinajstić information content (AvgIpc) is 3.06. The van der Waals surface area contributed by atoms with Crippen molar-refractivity contribution in [2.45, 2.75) is 30.8 Å². The molecule has 22 heavy (non-hydrogen) atoms. The van der Waals surface area contributed by atoms with Crippen LogP contribution in [0.5, 0.6) is 0 Å². The summed E-state index contributed by atoms with van der Waals surface area (Å²) in [6.45, 7) is 0.994. The van der Waals surface area contributed by atoms with Crippen LogP contribution in [0.4, 0.5) is 0 Å². The molecule has 0 bridgehead atoms. The highest BCUT2D eigenvalue weighted by atomic mass is 35.5. The molecule has 0 spiro atoms. The predicted octanol–water partition coefficient (Wildman–Crippen LogP) is 2.35. The van der Waals surface area contributed by atoms with E-state index in [1.807, 2.05) is 4.57 Å². The van der Waals surface area contributed by atoms with Crippen molar-refractivity contribution in [3.63, 3.8) is 0 Å². The third-order valence-electron chi connectivity index (χ3n) is 3.65. The van der Waals surface area contributed by atoms with Gasteiger partial charge in [-0.25, -0.2) is 8.42 Å². The van der Waals surface area contributed by atoms with Gasteiger partial charge in [0.1, 0.15) is 11.6 Å². The van der Waals surface area contributed by atoms with Crippen LogP contribution in [-0.2, 0) is 29.5 Å². The first-order valence-corrected chi connectivity index (χ1v) is 8.91. The van der Waals surface area contributed by atoms with Crippen LogP contribution < -0.4 is 0 Å². The van der Waals surface area contributed by atoms with Crippen LogP contribution in [0.1, 0.15) is 18.1 Å². The van der Waals surface area contributed by atoms with Gasteiger partial charge in [-0.2, -0.15) is 4.31 Å². The first-order chi connectivity index (χ1) is 10.4. The number of hydrogen-bond donors (Lipinski definition) is 0. The Labute approximate surface area is 138 Å². The van der Waals surface area contributed by atoms with E-state index in [0.29, 0.717) is 10.8 Å². The maximum absolute atomic E-state index is 12.6. The van der Waals surface area contributed by atoms with E-state index in [4.69, 9.17) is 23.2 Å². The van der Waals surface area contributed by atoms with Gasteiger partial charge in [0.2, 0.25) is 10.0 Å². The number of halogens is 2. The topological polar surface area (TPSA) is 68.1 Å². The molecule has 1 aliphatic heterocycles. The van der Waals surface area contributed by atoms with Gasteiger partial charge < -0.3 is 4.57 Å². The molecule has 1 aliphatic rings. The monoisotopic (exact) mass is 360 g/mol. The minimum absolute atomic E-state index is 0.102. The Hall–Kier alpha value is -1.15. The molecule has 3 rings (SSSR count). The van der Waals surface area contributed by atoms with Gasteiger partial charge in [-0.1, -0.05) is 23.2 Å². The third kappa shape index (κ3) is 2.74. The second-order valence-electron chi connectivity index (χ2n) is 5.12. The lowest BCUT2D eigenvalue weighted by molar-refractivity contribution is 0.447. The standard InChI is InChI=1S/C13H14Cl2N4O2S/c1-18(8-13-17-16-12-3-2-6-19(12)13)22(20,21)9-4-5-10(14)11(15)7-9/h4-5,7H,2-3,6,8H2,1H3. The largest absolute Gasteiger partial charge is 0.314 e. The third-order valence-corrected chi connectivity index (χ3v) is 6.19. The van der Waals surface area contributed by atoms with Gasteiger partial charge in [0.15, 0.2) is 0 Å². The normalized spacial score (nSPS) is 14.5. The number of benzene rings is 1. The lowest BCUT2D eigenvalue weighted by Crippen LogP contribution is -2.28. The minimum Gasteiger partial charge on any atom is -0.314 e. The highest BCUT2D eigenvalue weighted by Crippen LogP contribution is 2.26. The van der Waals surface area contributed by atoms with Crippen LogP contribution in [0, 0.1) is 0 Å². The van der Waals surface area contributed by atoms with E-state index >= 15 is 0 Å². The van der Waals surface area contributed by atoms with E-state index in [2.05, 4.69) is 10.2 Å². The van der Waals surface area contributed by atoms with Crippen LogP contribution in [0.25, 0.3) is 0 Å². The molecule has 2 aromatic rings. The Bertz CT molecular complexity index is 819. The van der Waals surface area contributed by atoms with Gasteiger partial charge in [0.05, 0.1) is 21.5 Å². The molecule has 0 saturated heterocycles. The van der Waals surface area contributed by atoms with Gasteiger partial charge in [-0.15, -0.1) is 10.2 Å². The van der Waals surface area contributed by atoms with E-state index in [1.165, 1.54) is 29.6 Å². The maximum Gasteiger partial charge on any atom is 0.243 e. The molecule has 0 N–H and O–H groups in total. The molecule has 1 aromatic carbocycles. The number of nitrogens with zero attached hydrogens (tertiary/aromatic N) is 4. The van der Waals surface area contributed by atoms with Gasteiger partial charge in [0.25, 0.3) is 0 Å². The summed E-state index contributed by atoms with van der Waals surface area (Å²) < 4.78 is 28.4. The summed E-state index contributed by atoms with van der Waals surface area (Å²) >= 11 is 11.7. The van der Waals surface area contributed by atoms with Gasteiger partial charge >= 0.3 is 0 Å². The molecular formula is C13H14Cl2N4O2S. The SMILES string of the molecule is CN(Cc1nnc2n1CCC2)S(=O)(=O)c1ccc(Cl)c(Cl)c1. The molecule has 0 amide bonds. The second kappa shape index (κ2) is 5.81. The van der Waals surface area contributed by atoms with E-state index in [-0.39, 0.29) is 16.5 Å². The van der Waals surface area contributed by atoms with E-state index in [1.54, 1.807) is 0 Å². The zero-order valence-corrected chi connectivity index (χ0v) is 14.2. The molecule has 118 valence electrons. The van der Waals surface area contributed by atoms with Gasteiger partial charge in [-0.3, -0.25) is 0 Å². The summed E-state index contributed by atoms with van der Waals surface area (Å²) in [5.41, 5.74) is 0. The lowest BCUT2D eigenvalue weighted by Gasteiger charge is -2.17. The first-order valence-electron chi connectivity index (χ1n) is 6.72. The maximum atomic E-state index is 12.6. The summed E-state index contributed by atoms with van der Waals surface area (Å²) in [6.07, 6.45) is 1.90. The van der Waals surface area contributed by atoms with Crippen LogP contribution in [0.15, 0.2) is 23.1 Å². The zero-order valence-electron chi connectivity index (χ0n) is 11.8. The van der Waals surface area contributed by atoms with Crippen molar-refractivity contribution < 1.29 is 8.42 Å². The van der Waals surface area contributed by atoms with Crippen molar-refractivity contribution in [1.29, 1.82) is 0 Å². The Morgan fingerprint density at radius 3 is 2.77 bits per heavy atom. The summed E-state index contributed by atoms with van der Waals surface area (Å²) in [6, 6.07) is 4.26. The molecule has 0 radical (unpaired) electrons. The molecule has 1 aromatic heterocycles. The Morgan fingerprint density at radius 2 is 2.05 bits per heavy atom. The fourth-order valence-electron chi connectivity index (χ4n) is 2.43. The van der Waals surface area contributed by atoms with Crippen molar-refractivity contribution in [2.24, 2.45) is 0 Å². The molecule has 0 unspecified atom stereocenters. The fraction of sp³-hybridized carbons (Fsp3) is 0.385. The summed E-state index contributed by atoms with van der Waals surface area (Å²) in [4.78, 5) is 0.102. The lowest BCUT2D eigenvalue weighted by atomic mass is 10.4. The average molecular weight is 361 g/mol. The summed E-state index contributed by atoms with van der Waals surface area (Å²) in [5, 5.41) is 8.69. The fourth-order valence-corrected chi connectivity index (χ4v) is 3.94. The van der Waals surface area contributed by atoms with Crippen molar-refractivity contribution in [2.75, 3.05) is 7.05 Å². The summed E-state index contributed by atoms with van der Waals surface area (Å²) in [7, 11) is -2.15. The van der Waals surface area contributed by atoms with E-state index < -0.39 is 10.0 Å². The molecule has 6 nitrogen and oxygen atoms in total. The van der Waals surface area contributed by atoms with Crippen LogP contribution >= 0.6 is 23.2 Å². The molecule has 2 heterocycles. The first kappa shape index (κ1) is 15.7. The second-order valence-corrected chi connectivity index (χ2v) is 7.98. The smallest absolute Gasteiger partial charge is 0.243 e. The highest BCUT2D eigenvalue weighted by Gasteiger charge is 2.25. The van der Waals surface area contributed by atoms with E-state index in [9.17, 15) is 8.42 Å². The Kier molecular flexibility index (Phi) is 4.15. The van der Waals surface area contributed by atoms with Gasteiger partial charge in [0, 0.05) is 20.0 Å². The Morgan fingerprint density at radius 1 is 1.27 bits per heavy atom. The Balaban J connectivity index is 1.86. The molecular weight excluding hydrogens is 347 g/mol. The number of aryl methyl sites for hydroxylation is 1. The zero-order chi connectivity index (χ0) is 15.9. The van der Waals surface area contributed by atoms with Crippen molar-refractivity contribution in [3.8, 4) is 0 Å². The number of fused-ring (bicyclic) bond motifs is 1. The minimum atomic E-state index is -3.66. The molecule has 0 saturated carbocycles. The van der Waals surface area contributed by atoms with Crippen molar-refractivity contribution in [3.05, 3.63) is 39.9 Å². The number of hydrogen-bond acceptors (Lipinski definition) is 4. The number of rotatable bonds is 4. The van der Waals surface area contributed by atoms with Crippen LogP contribution in [0.3, 0.4) is 0 Å². The van der Waals surface area contributed by atoms with Crippen molar-refractivity contribution >= 4 is 33.2 Å². The van der Waals surface area contributed by atoms with Crippen LogP contribution in [-0.4, -0.2) is 34.5 Å². The molecule has 0 aliphatic carbocycles. The number of aromatic nitrogens is 3. The number of sulfonamides is 1. The highest BCUT2D eigenvalue weighted by molar-refractivity contribution is 7.89. The summed E-state index contributed by atoms with van der Waals surface area (Å²) in [5.74, 6) is 1.56. The van der Waals surface area contributed by atoms with Crippen LogP contribution in [0.2, 0.25) is 10.0 Å². The molecule has 9 heteroatoms. The molecule has 0 atom stereocenters. The van der Waals surface area contributed by atoms with Crippen molar-refractivity contribution in [1.82, 2.24) is 19.1 Å². The van der Waals surface area contributed by atoms with Gasteiger partial charge in [-0.05, 0) is 24.6 Å². The quantitative estimate of drug-likeness (QED) is 0.838. The van der Waals surface area contributed by atoms with E-state index in [0.717, 1.165) is 25.2 Å². The molecule has 0 fully saturated rings. The predicted molar refractivity (Wildman–Crippen MR) is 83.5 cm³/mol.